The molecule has 0 saturated heterocycles. The van der Waals surface area contributed by atoms with Crippen molar-refractivity contribution in [2.24, 2.45) is 24.6 Å². The van der Waals surface area contributed by atoms with Crippen LogP contribution in [0.1, 0.15) is 32.2 Å². The second kappa shape index (κ2) is 6.17. The van der Waals surface area contributed by atoms with E-state index in [0.717, 1.165) is 17.8 Å². The highest BCUT2D eigenvalue weighted by Crippen LogP contribution is 2.18. The Morgan fingerprint density at radius 3 is 2.53 bits per heavy atom. The van der Waals surface area contributed by atoms with Gasteiger partial charge in [-0.2, -0.15) is 5.10 Å². The van der Waals surface area contributed by atoms with Gasteiger partial charge in [-0.1, -0.05) is 20.8 Å². The highest BCUT2D eigenvalue weighted by molar-refractivity contribution is 5.11. The van der Waals surface area contributed by atoms with E-state index >= 15 is 0 Å². The Balaban J connectivity index is 2.72. The van der Waals surface area contributed by atoms with Gasteiger partial charge in [-0.25, -0.2) is 0 Å². The summed E-state index contributed by atoms with van der Waals surface area (Å²) in [5, 5.41) is 14.6. The first-order chi connectivity index (χ1) is 7.99. The van der Waals surface area contributed by atoms with E-state index in [9.17, 15) is 5.11 Å². The van der Waals surface area contributed by atoms with Gasteiger partial charge in [0.1, 0.15) is 0 Å². The lowest BCUT2D eigenvalue weighted by atomic mass is 9.88. The van der Waals surface area contributed by atoms with E-state index in [4.69, 9.17) is 5.73 Å². The van der Waals surface area contributed by atoms with Gasteiger partial charge in [0.25, 0.3) is 0 Å². The van der Waals surface area contributed by atoms with Crippen molar-refractivity contribution in [2.75, 3.05) is 6.54 Å². The first kappa shape index (κ1) is 14.2. The highest BCUT2D eigenvalue weighted by atomic mass is 16.3. The van der Waals surface area contributed by atoms with Crippen LogP contribution in [0.25, 0.3) is 0 Å². The van der Waals surface area contributed by atoms with Crippen LogP contribution in [0.4, 0.5) is 0 Å². The topological polar surface area (TPSA) is 64.1 Å². The second-order valence-corrected chi connectivity index (χ2v) is 5.02. The SMILES string of the molecule is CCc1cc(CC(O)C(CN)C(C)C)n(C)n1. The molecule has 0 aliphatic carbocycles. The fraction of sp³-hybridized carbons (Fsp3) is 0.769. The summed E-state index contributed by atoms with van der Waals surface area (Å²) in [4.78, 5) is 0. The molecule has 1 aromatic heterocycles. The number of nitrogens with two attached hydrogens (primary N) is 1. The molecule has 0 fully saturated rings. The van der Waals surface area contributed by atoms with Crippen molar-refractivity contribution >= 4 is 0 Å². The predicted molar refractivity (Wildman–Crippen MR) is 69.7 cm³/mol. The van der Waals surface area contributed by atoms with Crippen molar-refractivity contribution in [3.05, 3.63) is 17.5 Å². The Morgan fingerprint density at radius 2 is 2.12 bits per heavy atom. The third-order valence-corrected chi connectivity index (χ3v) is 3.43. The van der Waals surface area contributed by atoms with E-state index in [1.807, 2.05) is 11.7 Å². The van der Waals surface area contributed by atoms with E-state index in [0.29, 0.717) is 18.9 Å². The molecule has 98 valence electrons. The molecule has 0 saturated carbocycles. The van der Waals surface area contributed by atoms with Crippen LogP contribution in [0.3, 0.4) is 0 Å². The fourth-order valence-corrected chi connectivity index (χ4v) is 2.17. The van der Waals surface area contributed by atoms with Crippen molar-refractivity contribution < 1.29 is 5.11 Å². The van der Waals surface area contributed by atoms with Crippen molar-refractivity contribution in [3.63, 3.8) is 0 Å². The molecule has 2 atom stereocenters. The van der Waals surface area contributed by atoms with Crippen molar-refractivity contribution in [2.45, 2.75) is 39.7 Å². The number of hydrogen-bond acceptors (Lipinski definition) is 3. The minimum absolute atomic E-state index is 0.148. The molecule has 4 nitrogen and oxygen atoms in total. The van der Waals surface area contributed by atoms with Crippen LogP contribution in [0.2, 0.25) is 0 Å². The number of hydrogen-bond donors (Lipinski definition) is 2. The van der Waals surface area contributed by atoms with E-state index in [2.05, 4.69) is 31.9 Å². The van der Waals surface area contributed by atoms with Crippen LogP contribution in [0.5, 0.6) is 0 Å². The molecule has 0 aliphatic rings. The maximum absolute atomic E-state index is 10.2. The molecule has 1 aromatic rings. The molecule has 0 aromatic carbocycles. The van der Waals surface area contributed by atoms with E-state index in [1.54, 1.807) is 0 Å². The summed E-state index contributed by atoms with van der Waals surface area (Å²) in [6.07, 6.45) is 1.16. The Morgan fingerprint density at radius 1 is 1.47 bits per heavy atom. The van der Waals surface area contributed by atoms with Crippen molar-refractivity contribution in [1.82, 2.24) is 9.78 Å². The van der Waals surface area contributed by atoms with Crippen LogP contribution in [0, 0.1) is 11.8 Å². The van der Waals surface area contributed by atoms with E-state index in [-0.39, 0.29) is 12.0 Å². The summed E-state index contributed by atoms with van der Waals surface area (Å²) < 4.78 is 1.86. The molecule has 0 aliphatic heterocycles. The maximum Gasteiger partial charge on any atom is 0.0638 e. The van der Waals surface area contributed by atoms with Gasteiger partial charge in [-0.3, -0.25) is 4.68 Å². The molecular formula is C13H25N3O. The number of aliphatic hydroxyl groups excluding tert-OH is 1. The Kier molecular flexibility index (Phi) is 5.15. The van der Waals surface area contributed by atoms with Gasteiger partial charge in [-0.05, 0) is 30.9 Å². The van der Waals surface area contributed by atoms with Gasteiger partial charge < -0.3 is 10.8 Å². The van der Waals surface area contributed by atoms with Gasteiger partial charge >= 0.3 is 0 Å². The largest absolute Gasteiger partial charge is 0.392 e. The predicted octanol–water partition coefficient (Wildman–Crippen LogP) is 1.12. The Labute approximate surface area is 104 Å². The first-order valence-corrected chi connectivity index (χ1v) is 6.39. The fourth-order valence-electron chi connectivity index (χ4n) is 2.17. The molecule has 1 rings (SSSR count). The van der Waals surface area contributed by atoms with Gasteiger partial charge in [-0.15, -0.1) is 0 Å². The number of aromatic nitrogens is 2. The van der Waals surface area contributed by atoms with Gasteiger partial charge in [0.15, 0.2) is 0 Å². The summed E-state index contributed by atoms with van der Waals surface area (Å²) in [7, 11) is 1.92. The molecule has 17 heavy (non-hydrogen) atoms. The van der Waals surface area contributed by atoms with Crippen LogP contribution in [0.15, 0.2) is 6.07 Å². The zero-order chi connectivity index (χ0) is 13.0. The quantitative estimate of drug-likeness (QED) is 0.782. The molecule has 0 amide bonds. The Bertz CT molecular complexity index is 346. The van der Waals surface area contributed by atoms with Gasteiger partial charge in [0.2, 0.25) is 0 Å². The standard InChI is InChI=1S/C13H25N3O/c1-5-10-6-11(16(4)15-10)7-13(17)12(8-14)9(2)3/h6,9,12-13,17H,5,7-8,14H2,1-4H3. The lowest BCUT2D eigenvalue weighted by Gasteiger charge is -2.24. The number of nitrogens with zero attached hydrogens (tertiary/aromatic N) is 2. The lowest BCUT2D eigenvalue weighted by molar-refractivity contribution is 0.0846. The molecule has 2 unspecified atom stereocenters. The van der Waals surface area contributed by atoms with E-state index in [1.165, 1.54) is 0 Å². The molecule has 1 heterocycles. The molecule has 3 N–H and O–H groups in total. The van der Waals surface area contributed by atoms with Crippen molar-refractivity contribution in [3.8, 4) is 0 Å². The van der Waals surface area contributed by atoms with Crippen LogP contribution >= 0.6 is 0 Å². The minimum Gasteiger partial charge on any atom is -0.392 e. The summed E-state index contributed by atoms with van der Waals surface area (Å²) >= 11 is 0. The number of aliphatic hydroxyl groups is 1. The smallest absolute Gasteiger partial charge is 0.0638 e. The first-order valence-electron chi connectivity index (χ1n) is 6.39. The molecular weight excluding hydrogens is 214 g/mol. The highest BCUT2D eigenvalue weighted by Gasteiger charge is 2.22. The normalized spacial score (nSPS) is 15.2. The summed E-state index contributed by atoms with van der Waals surface area (Å²) in [5.41, 5.74) is 7.87. The third-order valence-electron chi connectivity index (χ3n) is 3.43. The van der Waals surface area contributed by atoms with Crippen molar-refractivity contribution in [1.29, 1.82) is 0 Å². The van der Waals surface area contributed by atoms with Gasteiger partial charge in [0.05, 0.1) is 11.8 Å². The average Bonchev–Trinajstić information content (AvgIpc) is 2.60. The van der Waals surface area contributed by atoms with Gasteiger partial charge in [0, 0.05) is 19.2 Å². The summed E-state index contributed by atoms with van der Waals surface area (Å²) in [6, 6.07) is 2.07. The van der Waals surface area contributed by atoms with E-state index < -0.39 is 0 Å². The monoisotopic (exact) mass is 239 g/mol. The number of rotatable bonds is 6. The van der Waals surface area contributed by atoms with Crippen LogP contribution < -0.4 is 5.73 Å². The zero-order valence-corrected chi connectivity index (χ0v) is 11.3. The maximum atomic E-state index is 10.2. The van der Waals surface area contributed by atoms with Crippen LogP contribution in [-0.2, 0) is 19.9 Å². The molecule has 0 spiro atoms. The molecule has 0 bridgehead atoms. The summed E-state index contributed by atoms with van der Waals surface area (Å²) in [6.45, 7) is 6.81. The third kappa shape index (κ3) is 3.54. The average molecular weight is 239 g/mol. The van der Waals surface area contributed by atoms with Crippen LogP contribution in [-0.4, -0.2) is 27.5 Å². The number of aryl methyl sites for hydroxylation is 2. The second-order valence-electron chi connectivity index (χ2n) is 5.02. The zero-order valence-electron chi connectivity index (χ0n) is 11.3. The lowest BCUT2D eigenvalue weighted by Crippen LogP contribution is -2.33. The summed E-state index contributed by atoms with van der Waals surface area (Å²) in [5.74, 6) is 0.545. The minimum atomic E-state index is -0.389. The Hall–Kier alpha value is -0.870. The molecule has 4 heteroatoms. The molecule has 0 radical (unpaired) electrons.